The number of rotatable bonds is 5. The summed E-state index contributed by atoms with van der Waals surface area (Å²) >= 11 is 0. The summed E-state index contributed by atoms with van der Waals surface area (Å²) in [6.45, 7) is 4.07. The Morgan fingerprint density at radius 3 is 2.78 bits per heavy atom. The number of hydrogen-bond donors (Lipinski definition) is 1. The number of anilines is 1. The van der Waals surface area contributed by atoms with E-state index in [9.17, 15) is 9.18 Å². The second-order valence-electron chi connectivity index (χ2n) is 6.28. The number of aromatic nitrogens is 2. The van der Waals surface area contributed by atoms with Crippen LogP contribution < -0.4 is 10.1 Å². The fourth-order valence-electron chi connectivity index (χ4n) is 3.32. The average molecular weight is 363 g/mol. The van der Waals surface area contributed by atoms with Crippen LogP contribution in [0, 0.1) is 5.82 Å². The fourth-order valence-corrected chi connectivity index (χ4v) is 3.32. The van der Waals surface area contributed by atoms with Crippen LogP contribution in [0.1, 0.15) is 23.5 Å². The van der Waals surface area contributed by atoms with Gasteiger partial charge in [-0.2, -0.15) is 5.10 Å². The Bertz CT molecular complexity index is 995. The Morgan fingerprint density at radius 2 is 2.00 bits per heavy atom. The quantitative estimate of drug-likeness (QED) is 0.696. The number of ether oxygens (including phenoxy) is 1. The number of nitrogens with zero attached hydrogens (tertiary/aromatic N) is 2. The van der Waals surface area contributed by atoms with Crippen molar-refractivity contribution < 1.29 is 13.9 Å². The number of para-hydroxylation sites is 1. The molecule has 1 aliphatic rings. The molecule has 1 amide bonds. The second-order valence-corrected chi connectivity index (χ2v) is 6.28. The Kier molecular flexibility index (Phi) is 4.46. The molecule has 0 unspecified atom stereocenters. The van der Waals surface area contributed by atoms with E-state index in [2.05, 4.69) is 17.0 Å². The highest BCUT2D eigenvalue weighted by Gasteiger charge is 2.32. The van der Waals surface area contributed by atoms with E-state index in [1.165, 1.54) is 12.1 Å². The summed E-state index contributed by atoms with van der Waals surface area (Å²) in [6.07, 6.45) is 3.73. The lowest BCUT2D eigenvalue weighted by Crippen LogP contribution is -2.25. The highest BCUT2D eigenvalue weighted by molar-refractivity contribution is 5.94. The van der Waals surface area contributed by atoms with Gasteiger partial charge in [0.2, 0.25) is 5.91 Å². The van der Waals surface area contributed by atoms with Crippen LogP contribution >= 0.6 is 0 Å². The molecule has 0 saturated carbocycles. The molecule has 1 aliphatic heterocycles. The number of halogens is 1. The molecular formula is C21H18FN3O2. The standard InChI is InChI=1S/C21H18FN3O2/c1-2-11-27-19-6-4-3-5-16(19)17-12-20(26)24-21-18(17)13-23-25(21)15-9-7-14(22)8-10-15/h2-10,13,17H,1,11-12H2,(H,24,26)/t17-/m0/s1. The van der Waals surface area contributed by atoms with Gasteiger partial charge in [0, 0.05) is 23.5 Å². The summed E-state index contributed by atoms with van der Waals surface area (Å²) in [5, 5.41) is 7.32. The van der Waals surface area contributed by atoms with Gasteiger partial charge in [0.05, 0.1) is 11.9 Å². The van der Waals surface area contributed by atoms with Gasteiger partial charge < -0.3 is 10.1 Å². The highest BCUT2D eigenvalue weighted by Crippen LogP contribution is 2.41. The normalized spacial score (nSPS) is 15.7. The molecule has 2 aromatic carbocycles. The lowest BCUT2D eigenvalue weighted by molar-refractivity contribution is -0.116. The van der Waals surface area contributed by atoms with Crippen LogP contribution in [0.5, 0.6) is 5.75 Å². The fraction of sp³-hybridized carbons (Fsp3) is 0.143. The zero-order valence-electron chi connectivity index (χ0n) is 14.6. The van der Waals surface area contributed by atoms with Gasteiger partial charge in [-0.1, -0.05) is 30.9 Å². The van der Waals surface area contributed by atoms with Crippen molar-refractivity contribution in [1.82, 2.24) is 9.78 Å². The van der Waals surface area contributed by atoms with E-state index in [1.54, 1.807) is 29.1 Å². The van der Waals surface area contributed by atoms with Gasteiger partial charge >= 0.3 is 0 Å². The number of nitrogens with one attached hydrogen (secondary N) is 1. The van der Waals surface area contributed by atoms with Crippen LogP contribution in [0.2, 0.25) is 0 Å². The first-order valence-electron chi connectivity index (χ1n) is 8.63. The molecule has 4 rings (SSSR count). The first-order chi connectivity index (χ1) is 13.2. The van der Waals surface area contributed by atoms with Crippen LogP contribution in [0.15, 0.2) is 67.4 Å². The monoisotopic (exact) mass is 363 g/mol. The van der Waals surface area contributed by atoms with E-state index in [4.69, 9.17) is 4.74 Å². The molecule has 0 saturated heterocycles. The van der Waals surface area contributed by atoms with Crippen molar-refractivity contribution in [2.45, 2.75) is 12.3 Å². The molecule has 6 heteroatoms. The van der Waals surface area contributed by atoms with Crippen molar-refractivity contribution >= 4 is 11.7 Å². The maximum atomic E-state index is 13.2. The highest BCUT2D eigenvalue weighted by atomic mass is 19.1. The van der Waals surface area contributed by atoms with E-state index in [1.807, 2.05) is 24.3 Å². The van der Waals surface area contributed by atoms with E-state index < -0.39 is 0 Å². The molecule has 136 valence electrons. The smallest absolute Gasteiger partial charge is 0.226 e. The van der Waals surface area contributed by atoms with Gasteiger partial charge in [-0.15, -0.1) is 0 Å². The molecule has 0 spiro atoms. The van der Waals surface area contributed by atoms with Crippen molar-refractivity contribution in [2.24, 2.45) is 0 Å². The van der Waals surface area contributed by atoms with Gasteiger partial charge in [-0.3, -0.25) is 4.79 Å². The molecular weight excluding hydrogens is 345 g/mol. The topological polar surface area (TPSA) is 56.1 Å². The molecule has 0 bridgehead atoms. The van der Waals surface area contributed by atoms with E-state index in [0.29, 0.717) is 24.5 Å². The molecule has 1 aromatic heterocycles. The van der Waals surface area contributed by atoms with Crippen LogP contribution in [0.4, 0.5) is 10.2 Å². The number of benzene rings is 2. The maximum absolute atomic E-state index is 13.2. The van der Waals surface area contributed by atoms with Crippen LogP contribution in [0.25, 0.3) is 5.69 Å². The lowest BCUT2D eigenvalue weighted by atomic mass is 9.87. The van der Waals surface area contributed by atoms with Crippen LogP contribution in [0.3, 0.4) is 0 Å². The summed E-state index contributed by atoms with van der Waals surface area (Å²) in [5.74, 6) is 0.716. The molecule has 0 fully saturated rings. The molecule has 5 nitrogen and oxygen atoms in total. The summed E-state index contributed by atoms with van der Waals surface area (Å²) in [6, 6.07) is 13.6. The second kappa shape index (κ2) is 7.07. The first-order valence-corrected chi connectivity index (χ1v) is 8.63. The predicted molar refractivity (Wildman–Crippen MR) is 101 cm³/mol. The lowest BCUT2D eigenvalue weighted by Gasteiger charge is -2.25. The number of hydrogen-bond acceptors (Lipinski definition) is 3. The number of amides is 1. The molecule has 0 radical (unpaired) electrons. The van der Waals surface area contributed by atoms with Crippen molar-refractivity contribution in [2.75, 3.05) is 11.9 Å². The Balaban J connectivity index is 1.78. The SMILES string of the molecule is C=CCOc1ccccc1[C@@H]1CC(=O)Nc2c1cnn2-c1ccc(F)cc1. The largest absolute Gasteiger partial charge is 0.489 e. The van der Waals surface area contributed by atoms with Crippen molar-refractivity contribution in [1.29, 1.82) is 0 Å². The number of carbonyl (C=O) groups is 1. The van der Waals surface area contributed by atoms with Gasteiger partial charge in [0.25, 0.3) is 0 Å². The Hall–Kier alpha value is -3.41. The van der Waals surface area contributed by atoms with Gasteiger partial charge in [0.1, 0.15) is 24.0 Å². The van der Waals surface area contributed by atoms with Crippen molar-refractivity contribution in [3.8, 4) is 11.4 Å². The van der Waals surface area contributed by atoms with E-state index in [-0.39, 0.29) is 17.6 Å². The molecule has 27 heavy (non-hydrogen) atoms. The summed E-state index contributed by atoms with van der Waals surface area (Å²) in [5.41, 5.74) is 2.50. The maximum Gasteiger partial charge on any atom is 0.226 e. The number of carbonyl (C=O) groups excluding carboxylic acids is 1. The minimum atomic E-state index is -0.324. The molecule has 1 atom stereocenters. The Morgan fingerprint density at radius 1 is 1.22 bits per heavy atom. The van der Waals surface area contributed by atoms with Gasteiger partial charge in [-0.25, -0.2) is 9.07 Å². The van der Waals surface area contributed by atoms with Crippen molar-refractivity contribution in [3.05, 3.63) is 84.3 Å². The predicted octanol–water partition coefficient (Wildman–Crippen LogP) is 4.05. The first kappa shape index (κ1) is 17.0. The third-order valence-electron chi connectivity index (χ3n) is 4.54. The summed E-state index contributed by atoms with van der Waals surface area (Å²) in [4.78, 5) is 12.4. The molecule has 0 aliphatic carbocycles. The average Bonchev–Trinajstić information content (AvgIpc) is 3.10. The minimum absolute atomic E-state index is 0.102. The van der Waals surface area contributed by atoms with E-state index >= 15 is 0 Å². The molecule has 2 heterocycles. The summed E-state index contributed by atoms with van der Waals surface area (Å²) in [7, 11) is 0. The van der Waals surface area contributed by atoms with Crippen molar-refractivity contribution in [3.63, 3.8) is 0 Å². The molecule has 1 N–H and O–H groups in total. The van der Waals surface area contributed by atoms with Crippen LogP contribution in [-0.4, -0.2) is 22.3 Å². The third-order valence-corrected chi connectivity index (χ3v) is 4.54. The molecule has 3 aromatic rings. The number of fused-ring (bicyclic) bond motifs is 1. The zero-order valence-corrected chi connectivity index (χ0v) is 14.6. The van der Waals surface area contributed by atoms with Gasteiger partial charge in [-0.05, 0) is 30.3 Å². The Labute approximate surface area is 156 Å². The third kappa shape index (κ3) is 3.21. The summed E-state index contributed by atoms with van der Waals surface area (Å²) < 4.78 is 20.6. The zero-order chi connectivity index (χ0) is 18.8. The van der Waals surface area contributed by atoms with Gasteiger partial charge in [0.15, 0.2) is 0 Å². The van der Waals surface area contributed by atoms with Crippen LogP contribution in [-0.2, 0) is 4.79 Å². The minimum Gasteiger partial charge on any atom is -0.489 e. The van der Waals surface area contributed by atoms with E-state index in [0.717, 1.165) is 16.9 Å².